The molecule has 1 heterocycles. The lowest BCUT2D eigenvalue weighted by Gasteiger charge is -2.15. The third kappa shape index (κ3) is 3.26. The van der Waals surface area contributed by atoms with E-state index in [1.165, 1.54) is 18.3 Å². The van der Waals surface area contributed by atoms with Gasteiger partial charge in [0, 0.05) is 6.20 Å². The van der Waals surface area contributed by atoms with E-state index in [0.717, 1.165) is 5.56 Å². The van der Waals surface area contributed by atoms with Crippen LogP contribution in [0.5, 0.6) is 0 Å². The number of hydrogen-bond donors (Lipinski definition) is 1. The van der Waals surface area contributed by atoms with Gasteiger partial charge in [-0.1, -0.05) is 29.3 Å². The third-order valence-corrected chi connectivity index (χ3v) is 3.53. The number of halogens is 3. The van der Waals surface area contributed by atoms with Crippen molar-refractivity contribution in [2.45, 2.75) is 13.0 Å². The lowest BCUT2D eigenvalue weighted by Crippen LogP contribution is -2.27. The summed E-state index contributed by atoms with van der Waals surface area (Å²) in [7, 11) is 0. The van der Waals surface area contributed by atoms with Crippen molar-refractivity contribution in [3.8, 4) is 0 Å². The topological polar surface area (TPSA) is 42.0 Å². The molecule has 1 aromatic heterocycles. The zero-order valence-corrected chi connectivity index (χ0v) is 12.0. The molecular formula is C14H11Cl2FN2O. The molecule has 104 valence electrons. The van der Waals surface area contributed by atoms with Crippen molar-refractivity contribution in [1.82, 2.24) is 10.3 Å². The third-order valence-electron chi connectivity index (χ3n) is 2.79. The Morgan fingerprint density at radius 2 is 2.05 bits per heavy atom. The second-order valence-corrected chi connectivity index (χ2v) is 5.02. The van der Waals surface area contributed by atoms with Gasteiger partial charge in [-0.15, -0.1) is 0 Å². The highest BCUT2D eigenvalue weighted by Gasteiger charge is 2.16. The fourth-order valence-corrected chi connectivity index (χ4v) is 2.00. The molecule has 0 aliphatic heterocycles. The van der Waals surface area contributed by atoms with Crippen molar-refractivity contribution >= 4 is 29.1 Å². The zero-order chi connectivity index (χ0) is 14.7. The quantitative estimate of drug-likeness (QED) is 0.870. The molecule has 0 aliphatic rings. The van der Waals surface area contributed by atoms with Crippen LogP contribution in [0, 0.1) is 5.95 Å². The molecule has 1 aromatic carbocycles. The molecule has 1 atom stereocenters. The number of rotatable bonds is 3. The number of nitrogens with zero attached hydrogens (tertiary/aromatic N) is 1. The standard InChI is InChI=1S/C14H11Cl2FN2O/c1-8(9-4-5-11(15)12(16)7-9)19-14(20)10-3-2-6-18-13(10)17/h2-8H,1H3,(H,19,20). The Kier molecular flexibility index (Phi) is 4.57. The fraction of sp³-hybridized carbons (Fsp3) is 0.143. The molecule has 0 bridgehead atoms. The van der Waals surface area contributed by atoms with Crippen LogP contribution in [0.15, 0.2) is 36.5 Å². The van der Waals surface area contributed by atoms with Crippen LogP contribution in [-0.2, 0) is 0 Å². The SMILES string of the molecule is CC(NC(=O)c1cccnc1F)c1ccc(Cl)c(Cl)c1. The molecule has 0 aliphatic carbocycles. The molecule has 0 spiro atoms. The Hall–Kier alpha value is -1.65. The molecule has 6 heteroatoms. The van der Waals surface area contributed by atoms with Gasteiger partial charge in [0.25, 0.3) is 5.91 Å². The zero-order valence-electron chi connectivity index (χ0n) is 10.5. The Morgan fingerprint density at radius 3 is 2.70 bits per heavy atom. The summed E-state index contributed by atoms with van der Waals surface area (Å²) in [6.45, 7) is 1.77. The van der Waals surface area contributed by atoms with E-state index in [-0.39, 0.29) is 11.6 Å². The molecule has 0 radical (unpaired) electrons. The van der Waals surface area contributed by atoms with Gasteiger partial charge in [-0.3, -0.25) is 4.79 Å². The maximum absolute atomic E-state index is 13.4. The monoisotopic (exact) mass is 312 g/mol. The number of aromatic nitrogens is 1. The number of pyridine rings is 1. The Bertz CT molecular complexity index is 649. The number of carbonyl (C=O) groups excluding carboxylic acids is 1. The summed E-state index contributed by atoms with van der Waals surface area (Å²) in [5, 5.41) is 3.52. The molecule has 0 saturated heterocycles. The Balaban J connectivity index is 2.15. The summed E-state index contributed by atoms with van der Waals surface area (Å²) < 4.78 is 13.4. The Morgan fingerprint density at radius 1 is 1.30 bits per heavy atom. The number of carbonyl (C=O) groups is 1. The van der Waals surface area contributed by atoms with Gasteiger partial charge in [0.05, 0.1) is 21.7 Å². The molecule has 0 saturated carbocycles. The van der Waals surface area contributed by atoms with Crippen LogP contribution in [0.25, 0.3) is 0 Å². The first-order chi connectivity index (χ1) is 9.49. The number of amides is 1. The van der Waals surface area contributed by atoms with E-state index in [1.807, 2.05) is 0 Å². The van der Waals surface area contributed by atoms with Crippen LogP contribution in [0.4, 0.5) is 4.39 Å². The minimum Gasteiger partial charge on any atom is -0.345 e. The van der Waals surface area contributed by atoms with Gasteiger partial charge in [-0.25, -0.2) is 4.98 Å². The molecule has 20 heavy (non-hydrogen) atoms. The first-order valence-corrected chi connectivity index (χ1v) is 6.61. The highest BCUT2D eigenvalue weighted by Crippen LogP contribution is 2.25. The van der Waals surface area contributed by atoms with Crippen molar-refractivity contribution in [3.63, 3.8) is 0 Å². The molecular weight excluding hydrogens is 302 g/mol. The second-order valence-electron chi connectivity index (χ2n) is 4.21. The number of hydrogen-bond acceptors (Lipinski definition) is 2. The smallest absolute Gasteiger partial charge is 0.256 e. The van der Waals surface area contributed by atoms with E-state index >= 15 is 0 Å². The number of benzene rings is 1. The van der Waals surface area contributed by atoms with Crippen LogP contribution in [-0.4, -0.2) is 10.9 Å². The highest BCUT2D eigenvalue weighted by molar-refractivity contribution is 6.42. The normalized spacial score (nSPS) is 12.0. The average molecular weight is 313 g/mol. The molecule has 1 amide bonds. The highest BCUT2D eigenvalue weighted by atomic mass is 35.5. The summed E-state index contributed by atoms with van der Waals surface area (Å²) in [6.07, 6.45) is 1.29. The van der Waals surface area contributed by atoms with Crippen molar-refractivity contribution < 1.29 is 9.18 Å². The van der Waals surface area contributed by atoms with Gasteiger partial charge in [-0.05, 0) is 36.8 Å². The predicted molar refractivity (Wildman–Crippen MR) is 76.5 cm³/mol. The number of nitrogens with one attached hydrogen (secondary N) is 1. The minimum absolute atomic E-state index is 0.0978. The molecule has 1 N–H and O–H groups in total. The second kappa shape index (κ2) is 6.20. The molecule has 1 unspecified atom stereocenters. The summed E-state index contributed by atoms with van der Waals surface area (Å²) in [5.41, 5.74) is 0.677. The maximum atomic E-state index is 13.4. The largest absolute Gasteiger partial charge is 0.345 e. The van der Waals surface area contributed by atoms with Gasteiger partial charge in [0.1, 0.15) is 0 Å². The molecule has 2 aromatic rings. The molecule has 3 nitrogen and oxygen atoms in total. The van der Waals surface area contributed by atoms with E-state index in [2.05, 4.69) is 10.3 Å². The first kappa shape index (κ1) is 14.8. The minimum atomic E-state index is -0.800. The van der Waals surface area contributed by atoms with Crippen molar-refractivity contribution in [2.75, 3.05) is 0 Å². The van der Waals surface area contributed by atoms with Gasteiger partial charge >= 0.3 is 0 Å². The molecule has 0 fully saturated rings. The van der Waals surface area contributed by atoms with E-state index in [4.69, 9.17) is 23.2 Å². The summed E-state index contributed by atoms with van der Waals surface area (Å²) in [6, 6.07) is 7.60. The van der Waals surface area contributed by atoms with E-state index in [1.54, 1.807) is 25.1 Å². The van der Waals surface area contributed by atoms with Gasteiger partial charge in [0.2, 0.25) is 5.95 Å². The van der Waals surface area contributed by atoms with Crippen molar-refractivity contribution in [3.05, 3.63) is 63.6 Å². The van der Waals surface area contributed by atoms with Crippen LogP contribution in [0.2, 0.25) is 10.0 Å². The van der Waals surface area contributed by atoms with Crippen molar-refractivity contribution in [1.29, 1.82) is 0 Å². The van der Waals surface area contributed by atoms with Crippen LogP contribution in [0.3, 0.4) is 0 Å². The predicted octanol–water partition coefficient (Wildman–Crippen LogP) is 4.02. The van der Waals surface area contributed by atoms with Gasteiger partial charge in [0.15, 0.2) is 0 Å². The van der Waals surface area contributed by atoms with Gasteiger partial charge in [-0.2, -0.15) is 4.39 Å². The van der Waals surface area contributed by atoms with E-state index in [9.17, 15) is 9.18 Å². The molecule has 2 rings (SSSR count). The van der Waals surface area contributed by atoms with Crippen LogP contribution < -0.4 is 5.32 Å². The van der Waals surface area contributed by atoms with E-state index < -0.39 is 11.9 Å². The van der Waals surface area contributed by atoms with Crippen LogP contribution in [0.1, 0.15) is 28.9 Å². The maximum Gasteiger partial charge on any atom is 0.256 e. The van der Waals surface area contributed by atoms with Crippen molar-refractivity contribution in [2.24, 2.45) is 0 Å². The van der Waals surface area contributed by atoms with E-state index in [0.29, 0.717) is 10.0 Å². The summed E-state index contributed by atoms with van der Waals surface area (Å²) >= 11 is 11.8. The summed E-state index contributed by atoms with van der Waals surface area (Å²) in [5.74, 6) is -1.33. The Labute approximate surface area is 125 Å². The first-order valence-electron chi connectivity index (χ1n) is 5.85. The lowest BCUT2D eigenvalue weighted by molar-refractivity contribution is 0.0935. The fourth-order valence-electron chi connectivity index (χ4n) is 1.69. The summed E-state index contributed by atoms with van der Waals surface area (Å²) in [4.78, 5) is 15.4. The van der Waals surface area contributed by atoms with Gasteiger partial charge < -0.3 is 5.32 Å². The van der Waals surface area contributed by atoms with Crippen LogP contribution >= 0.6 is 23.2 Å². The average Bonchev–Trinajstić information content (AvgIpc) is 2.42. The lowest BCUT2D eigenvalue weighted by atomic mass is 10.1.